The van der Waals surface area contributed by atoms with Crippen molar-refractivity contribution in [1.29, 1.82) is 0 Å². The number of nitrogens with one attached hydrogen (secondary N) is 1. The van der Waals surface area contributed by atoms with Crippen LogP contribution >= 0.6 is 0 Å². The third kappa shape index (κ3) is 5.41. The number of aryl methyl sites for hydroxylation is 2. The van der Waals surface area contributed by atoms with Gasteiger partial charge in [0, 0.05) is 6.04 Å². The number of ether oxygens (including phenoxy) is 1. The van der Waals surface area contributed by atoms with Crippen LogP contribution in [0.2, 0.25) is 0 Å². The zero-order chi connectivity index (χ0) is 16.2. The van der Waals surface area contributed by atoms with Crippen molar-refractivity contribution in [2.75, 3.05) is 0 Å². The molecule has 0 aliphatic rings. The van der Waals surface area contributed by atoms with E-state index in [1.807, 2.05) is 26.0 Å². The molecule has 1 aromatic rings. The first-order valence-electron chi connectivity index (χ1n) is 7.76. The first-order valence-corrected chi connectivity index (χ1v) is 7.76. The fraction of sp³-hybridized carbons (Fsp3) is 0.611. The number of carbonyl (C=O) groups is 1. The molecule has 0 bridgehead atoms. The molecule has 0 fully saturated rings. The van der Waals surface area contributed by atoms with Crippen molar-refractivity contribution in [3.8, 4) is 5.75 Å². The molecule has 0 aliphatic carbocycles. The van der Waals surface area contributed by atoms with Crippen molar-refractivity contribution in [2.45, 2.75) is 60.6 Å². The van der Waals surface area contributed by atoms with E-state index in [9.17, 15) is 4.79 Å². The minimum absolute atomic E-state index is 0.0541. The summed E-state index contributed by atoms with van der Waals surface area (Å²) in [6.45, 7) is 14.3. The average Bonchev–Trinajstić information content (AvgIpc) is 2.33. The van der Waals surface area contributed by atoms with Crippen LogP contribution in [0.5, 0.6) is 5.75 Å². The third-order valence-electron chi connectivity index (χ3n) is 3.62. The molecule has 0 spiro atoms. The van der Waals surface area contributed by atoms with Crippen LogP contribution in [-0.4, -0.2) is 18.1 Å². The van der Waals surface area contributed by atoms with Crippen LogP contribution in [0.1, 0.15) is 45.7 Å². The van der Waals surface area contributed by atoms with Gasteiger partial charge in [0.15, 0.2) is 6.10 Å². The van der Waals surface area contributed by atoms with Crippen LogP contribution < -0.4 is 10.1 Å². The number of amides is 1. The molecule has 3 nitrogen and oxygen atoms in total. The Bertz CT molecular complexity index is 452. The highest BCUT2D eigenvalue weighted by Gasteiger charge is 2.23. The molecule has 1 N–H and O–H groups in total. The first-order chi connectivity index (χ1) is 9.70. The molecule has 0 saturated heterocycles. The monoisotopic (exact) mass is 291 g/mol. The van der Waals surface area contributed by atoms with Crippen molar-refractivity contribution in [1.82, 2.24) is 5.32 Å². The van der Waals surface area contributed by atoms with Crippen LogP contribution in [0.3, 0.4) is 0 Å². The van der Waals surface area contributed by atoms with Gasteiger partial charge in [-0.25, -0.2) is 0 Å². The minimum atomic E-state index is -0.494. The summed E-state index contributed by atoms with van der Waals surface area (Å²) in [6.07, 6.45) is -0.494. The van der Waals surface area contributed by atoms with Gasteiger partial charge in [-0.05, 0) is 55.9 Å². The standard InChI is InChI=1S/C18H29NO2/c1-11(2)17(12(3)4)19-18(20)15(7)21-16-9-13(5)8-14(6)10-16/h8-12,15,17H,1-7H3,(H,19,20). The molecule has 0 aliphatic heterocycles. The average molecular weight is 291 g/mol. The van der Waals surface area contributed by atoms with E-state index in [-0.39, 0.29) is 11.9 Å². The highest BCUT2D eigenvalue weighted by atomic mass is 16.5. The molecule has 0 heterocycles. The molecule has 1 rings (SSSR count). The van der Waals surface area contributed by atoms with Crippen molar-refractivity contribution >= 4 is 5.91 Å². The maximum absolute atomic E-state index is 12.3. The largest absolute Gasteiger partial charge is 0.481 e. The molecule has 1 unspecified atom stereocenters. The lowest BCUT2D eigenvalue weighted by Crippen LogP contribution is -2.47. The van der Waals surface area contributed by atoms with Gasteiger partial charge in [0.05, 0.1) is 0 Å². The van der Waals surface area contributed by atoms with Crippen LogP contribution in [-0.2, 0) is 4.79 Å². The maximum Gasteiger partial charge on any atom is 0.261 e. The van der Waals surface area contributed by atoms with Gasteiger partial charge < -0.3 is 10.1 Å². The van der Waals surface area contributed by atoms with E-state index in [0.29, 0.717) is 11.8 Å². The lowest BCUT2D eigenvalue weighted by atomic mass is 9.93. The van der Waals surface area contributed by atoms with Crippen molar-refractivity contribution in [3.05, 3.63) is 29.3 Å². The second-order valence-corrected chi connectivity index (χ2v) is 6.61. The van der Waals surface area contributed by atoms with Gasteiger partial charge in [0.1, 0.15) is 5.75 Å². The summed E-state index contributed by atoms with van der Waals surface area (Å²) in [7, 11) is 0. The molecule has 21 heavy (non-hydrogen) atoms. The molecule has 0 aromatic heterocycles. The fourth-order valence-corrected chi connectivity index (χ4v) is 2.64. The molecule has 1 aromatic carbocycles. The number of hydrogen-bond donors (Lipinski definition) is 1. The van der Waals surface area contributed by atoms with Gasteiger partial charge >= 0.3 is 0 Å². The van der Waals surface area contributed by atoms with E-state index < -0.39 is 6.10 Å². The smallest absolute Gasteiger partial charge is 0.261 e. The Labute approximate surface area is 129 Å². The molecule has 3 heteroatoms. The Morgan fingerprint density at radius 2 is 1.43 bits per heavy atom. The molecule has 1 atom stereocenters. The molecular formula is C18H29NO2. The van der Waals surface area contributed by atoms with Crippen molar-refractivity contribution < 1.29 is 9.53 Å². The van der Waals surface area contributed by atoms with E-state index in [1.54, 1.807) is 6.92 Å². The molecular weight excluding hydrogens is 262 g/mol. The van der Waals surface area contributed by atoms with Gasteiger partial charge in [-0.3, -0.25) is 4.79 Å². The topological polar surface area (TPSA) is 38.3 Å². The van der Waals surface area contributed by atoms with Gasteiger partial charge in [-0.1, -0.05) is 33.8 Å². The lowest BCUT2D eigenvalue weighted by molar-refractivity contribution is -0.128. The SMILES string of the molecule is Cc1cc(C)cc(OC(C)C(=O)NC(C(C)C)C(C)C)c1. The van der Waals surface area contributed by atoms with Crippen molar-refractivity contribution in [2.24, 2.45) is 11.8 Å². The Morgan fingerprint density at radius 3 is 1.86 bits per heavy atom. The summed E-state index contributed by atoms with van der Waals surface area (Å²) in [5.74, 6) is 1.51. The normalized spacial score (nSPS) is 12.9. The summed E-state index contributed by atoms with van der Waals surface area (Å²) in [6, 6.07) is 6.17. The van der Waals surface area contributed by atoms with Crippen LogP contribution in [0.25, 0.3) is 0 Å². The first kappa shape index (κ1) is 17.5. The van der Waals surface area contributed by atoms with Crippen LogP contribution in [0.15, 0.2) is 18.2 Å². The molecule has 0 radical (unpaired) electrons. The van der Waals surface area contributed by atoms with E-state index in [0.717, 1.165) is 16.9 Å². The number of rotatable bonds is 6. The van der Waals surface area contributed by atoms with Gasteiger partial charge in [0.2, 0.25) is 0 Å². The van der Waals surface area contributed by atoms with E-state index in [4.69, 9.17) is 4.74 Å². The summed E-state index contributed by atoms with van der Waals surface area (Å²) in [5.41, 5.74) is 2.28. The predicted octanol–water partition coefficient (Wildman–Crippen LogP) is 3.87. The minimum Gasteiger partial charge on any atom is -0.481 e. The summed E-state index contributed by atoms with van der Waals surface area (Å²) in [4.78, 5) is 12.3. The van der Waals surface area contributed by atoms with E-state index in [2.05, 4.69) is 39.1 Å². The zero-order valence-corrected chi connectivity index (χ0v) is 14.4. The second-order valence-electron chi connectivity index (χ2n) is 6.61. The predicted molar refractivity (Wildman–Crippen MR) is 87.6 cm³/mol. The van der Waals surface area contributed by atoms with Crippen molar-refractivity contribution in [3.63, 3.8) is 0 Å². The lowest BCUT2D eigenvalue weighted by Gasteiger charge is -2.27. The van der Waals surface area contributed by atoms with Gasteiger partial charge in [0.25, 0.3) is 5.91 Å². The van der Waals surface area contributed by atoms with E-state index in [1.165, 1.54) is 0 Å². The zero-order valence-electron chi connectivity index (χ0n) is 14.4. The number of carbonyl (C=O) groups excluding carboxylic acids is 1. The van der Waals surface area contributed by atoms with E-state index >= 15 is 0 Å². The number of benzene rings is 1. The summed E-state index contributed by atoms with van der Waals surface area (Å²) in [5, 5.41) is 3.10. The molecule has 1 amide bonds. The Morgan fingerprint density at radius 1 is 0.952 bits per heavy atom. The number of hydrogen-bond acceptors (Lipinski definition) is 2. The van der Waals surface area contributed by atoms with Gasteiger partial charge in [-0.15, -0.1) is 0 Å². The highest BCUT2D eigenvalue weighted by Crippen LogP contribution is 2.18. The quantitative estimate of drug-likeness (QED) is 0.864. The summed E-state index contributed by atoms with van der Waals surface area (Å²) >= 11 is 0. The van der Waals surface area contributed by atoms with Crippen LogP contribution in [0.4, 0.5) is 0 Å². The maximum atomic E-state index is 12.3. The van der Waals surface area contributed by atoms with Crippen LogP contribution in [0, 0.1) is 25.7 Å². The Kier molecular flexibility index (Phi) is 6.25. The highest BCUT2D eigenvalue weighted by molar-refractivity contribution is 5.81. The Hall–Kier alpha value is -1.51. The summed E-state index contributed by atoms with van der Waals surface area (Å²) < 4.78 is 5.79. The third-order valence-corrected chi connectivity index (χ3v) is 3.62. The second kappa shape index (κ2) is 7.48. The Balaban J connectivity index is 2.70. The molecule has 118 valence electrons. The molecule has 0 saturated carbocycles. The van der Waals surface area contributed by atoms with Gasteiger partial charge in [-0.2, -0.15) is 0 Å². The fourth-order valence-electron chi connectivity index (χ4n) is 2.64.